The molecule has 0 heterocycles. The van der Waals surface area contributed by atoms with Crippen LogP contribution in [0.15, 0.2) is 24.3 Å². The van der Waals surface area contributed by atoms with Gasteiger partial charge in [0.05, 0.1) is 20.3 Å². The summed E-state index contributed by atoms with van der Waals surface area (Å²) in [6.07, 6.45) is -0.654. The summed E-state index contributed by atoms with van der Waals surface area (Å²) in [6.45, 7) is 7.14. The van der Waals surface area contributed by atoms with Crippen molar-refractivity contribution in [3.8, 4) is 0 Å². The van der Waals surface area contributed by atoms with E-state index < -0.39 is 12.1 Å². The number of hydrogen-bond acceptors (Lipinski definition) is 5. The van der Waals surface area contributed by atoms with Crippen molar-refractivity contribution in [3.63, 3.8) is 0 Å². The fourth-order valence-corrected chi connectivity index (χ4v) is 2.18. The predicted octanol–water partition coefficient (Wildman–Crippen LogP) is 1.94. The van der Waals surface area contributed by atoms with Crippen LogP contribution in [-0.4, -0.2) is 56.4 Å². The summed E-state index contributed by atoms with van der Waals surface area (Å²) in [5, 5.41) is 0. The summed E-state index contributed by atoms with van der Waals surface area (Å²) >= 11 is 0. The van der Waals surface area contributed by atoms with Gasteiger partial charge in [-0.15, -0.1) is 0 Å². The predicted molar refractivity (Wildman–Crippen MR) is 90.5 cm³/mol. The van der Waals surface area contributed by atoms with Crippen molar-refractivity contribution in [2.24, 2.45) is 0 Å². The summed E-state index contributed by atoms with van der Waals surface area (Å²) in [6, 6.07) is 7.75. The normalized spacial score (nSPS) is 11.8. The number of esters is 1. The zero-order valence-electron chi connectivity index (χ0n) is 14.9. The molecule has 6 nitrogen and oxygen atoms in total. The highest BCUT2D eigenvalue weighted by Crippen LogP contribution is 2.12. The SMILES string of the molecule is CCOCCOC(C)C(=O)N(CC(=O)OC)Cc1ccccc1C. The van der Waals surface area contributed by atoms with E-state index in [2.05, 4.69) is 0 Å². The Bertz CT molecular complexity index is 532. The highest BCUT2D eigenvalue weighted by atomic mass is 16.5. The molecule has 0 saturated heterocycles. The molecule has 0 fully saturated rings. The van der Waals surface area contributed by atoms with Gasteiger partial charge in [-0.1, -0.05) is 24.3 Å². The molecule has 0 aromatic heterocycles. The van der Waals surface area contributed by atoms with Gasteiger partial charge in [0.25, 0.3) is 5.91 Å². The van der Waals surface area contributed by atoms with Gasteiger partial charge in [0.2, 0.25) is 0 Å². The molecule has 0 spiro atoms. The number of nitrogens with zero attached hydrogens (tertiary/aromatic N) is 1. The molecule has 0 aliphatic rings. The first kappa shape index (κ1) is 20.1. The smallest absolute Gasteiger partial charge is 0.325 e. The van der Waals surface area contributed by atoms with Crippen molar-refractivity contribution in [2.45, 2.75) is 33.4 Å². The molecule has 0 aliphatic carbocycles. The van der Waals surface area contributed by atoms with Crippen LogP contribution in [0.3, 0.4) is 0 Å². The van der Waals surface area contributed by atoms with Gasteiger partial charge >= 0.3 is 5.97 Å². The quantitative estimate of drug-likeness (QED) is 0.482. The number of ether oxygens (including phenoxy) is 3. The van der Waals surface area contributed by atoms with Crippen LogP contribution in [0.5, 0.6) is 0 Å². The lowest BCUT2D eigenvalue weighted by molar-refractivity contribution is -0.152. The molecule has 1 amide bonds. The largest absolute Gasteiger partial charge is 0.468 e. The third-order valence-electron chi connectivity index (χ3n) is 3.63. The maximum atomic E-state index is 12.6. The summed E-state index contributed by atoms with van der Waals surface area (Å²) in [7, 11) is 1.31. The number of aryl methyl sites for hydroxylation is 1. The van der Waals surface area contributed by atoms with Crippen molar-refractivity contribution >= 4 is 11.9 Å². The van der Waals surface area contributed by atoms with Gasteiger partial charge < -0.3 is 19.1 Å². The number of hydrogen-bond donors (Lipinski definition) is 0. The molecule has 1 unspecified atom stereocenters. The lowest BCUT2D eigenvalue weighted by atomic mass is 10.1. The van der Waals surface area contributed by atoms with Crippen molar-refractivity contribution in [3.05, 3.63) is 35.4 Å². The molecule has 134 valence electrons. The van der Waals surface area contributed by atoms with Crippen LogP contribution >= 0.6 is 0 Å². The molecule has 1 aromatic carbocycles. The third kappa shape index (κ3) is 6.68. The maximum Gasteiger partial charge on any atom is 0.325 e. The maximum absolute atomic E-state index is 12.6. The molecular formula is C18H27NO5. The fourth-order valence-electron chi connectivity index (χ4n) is 2.18. The molecule has 6 heteroatoms. The topological polar surface area (TPSA) is 65.1 Å². The van der Waals surface area contributed by atoms with Gasteiger partial charge in [-0.2, -0.15) is 0 Å². The van der Waals surface area contributed by atoms with Crippen LogP contribution < -0.4 is 0 Å². The standard InChI is InChI=1S/C18H27NO5/c1-5-23-10-11-24-15(3)18(21)19(13-17(20)22-4)12-16-9-7-6-8-14(16)2/h6-9,15H,5,10-13H2,1-4H3. The number of rotatable bonds is 10. The van der Waals surface area contributed by atoms with E-state index in [1.165, 1.54) is 12.0 Å². The lowest BCUT2D eigenvalue weighted by Gasteiger charge is -2.25. The van der Waals surface area contributed by atoms with Gasteiger partial charge in [0.15, 0.2) is 0 Å². The Labute approximate surface area is 143 Å². The number of methoxy groups -OCH3 is 1. The molecule has 24 heavy (non-hydrogen) atoms. The number of benzene rings is 1. The van der Waals surface area contributed by atoms with Crippen LogP contribution in [0, 0.1) is 6.92 Å². The first-order chi connectivity index (χ1) is 11.5. The van der Waals surface area contributed by atoms with Crippen LogP contribution in [0.4, 0.5) is 0 Å². The average Bonchev–Trinajstić information content (AvgIpc) is 2.58. The van der Waals surface area contributed by atoms with Gasteiger partial charge in [-0.3, -0.25) is 9.59 Å². The number of carbonyl (C=O) groups excluding carboxylic acids is 2. The van der Waals surface area contributed by atoms with Gasteiger partial charge in [0.1, 0.15) is 12.6 Å². The van der Waals surface area contributed by atoms with E-state index in [1.54, 1.807) is 6.92 Å². The molecule has 0 radical (unpaired) electrons. The Morgan fingerprint density at radius 2 is 1.92 bits per heavy atom. The van der Waals surface area contributed by atoms with E-state index in [-0.39, 0.29) is 12.5 Å². The highest BCUT2D eigenvalue weighted by molar-refractivity contribution is 5.84. The zero-order chi connectivity index (χ0) is 17.9. The van der Waals surface area contributed by atoms with Crippen LogP contribution in [0.25, 0.3) is 0 Å². The van der Waals surface area contributed by atoms with Gasteiger partial charge in [-0.05, 0) is 31.9 Å². The van der Waals surface area contributed by atoms with E-state index in [9.17, 15) is 9.59 Å². The Hall–Kier alpha value is -1.92. The molecule has 0 bridgehead atoms. The van der Waals surface area contributed by atoms with Crippen LogP contribution in [0.2, 0.25) is 0 Å². The van der Waals surface area contributed by atoms with Crippen molar-refractivity contribution < 1.29 is 23.8 Å². The Kier molecular flexibility index (Phi) is 9.04. The fraction of sp³-hybridized carbons (Fsp3) is 0.556. The van der Waals surface area contributed by atoms with Crippen LogP contribution in [-0.2, 0) is 30.3 Å². The van der Waals surface area contributed by atoms with Crippen molar-refractivity contribution in [1.82, 2.24) is 4.90 Å². The van der Waals surface area contributed by atoms with Gasteiger partial charge in [0, 0.05) is 13.2 Å². The first-order valence-electron chi connectivity index (χ1n) is 8.09. The molecule has 1 atom stereocenters. The third-order valence-corrected chi connectivity index (χ3v) is 3.63. The number of carbonyl (C=O) groups is 2. The second kappa shape index (κ2) is 10.8. The van der Waals surface area contributed by atoms with E-state index in [0.29, 0.717) is 26.4 Å². The summed E-state index contributed by atoms with van der Waals surface area (Å²) < 4.78 is 15.4. The van der Waals surface area contributed by atoms with E-state index in [0.717, 1.165) is 11.1 Å². The molecular weight excluding hydrogens is 310 g/mol. The second-order valence-corrected chi connectivity index (χ2v) is 5.41. The van der Waals surface area contributed by atoms with E-state index >= 15 is 0 Å². The second-order valence-electron chi connectivity index (χ2n) is 5.41. The molecule has 1 aromatic rings. The molecule has 0 N–H and O–H groups in total. The Morgan fingerprint density at radius 1 is 1.21 bits per heavy atom. The molecule has 1 rings (SSSR count). The Balaban J connectivity index is 2.75. The minimum absolute atomic E-state index is 0.108. The average molecular weight is 337 g/mol. The summed E-state index contributed by atoms with van der Waals surface area (Å²) in [5.74, 6) is -0.710. The monoisotopic (exact) mass is 337 g/mol. The van der Waals surface area contributed by atoms with Gasteiger partial charge in [-0.25, -0.2) is 0 Å². The highest BCUT2D eigenvalue weighted by Gasteiger charge is 2.24. The minimum atomic E-state index is -0.654. The molecule has 0 saturated carbocycles. The first-order valence-corrected chi connectivity index (χ1v) is 8.09. The summed E-state index contributed by atoms with van der Waals surface area (Å²) in [4.78, 5) is 25.7. The van der Waals surface area contributed by atoms with Crippen molar-refractivity contribution in [1.29, 1.82) is 0 Å². The lowest BCUT2D eigenvalue weighted by Crippen LogP contribution is -2.42. The Morgan fingerprint density at radius 3 is 2.54 bits per heavy atom. The molecule has 0 aliphatic heterocycles. The zero-order valence-corrected chi connectivity index (χ0v) is 14.9. The van der Waals surface area contributed by atoms with E-state index in [1.807, 2.05) is 38.1 Å². The summed E-state index contributed by atoms with van der Waals surface area (Å²) in [5.41, 5.74) is 2.04. The van der Waals surface area contributed by atoms with Crippen molar-refractivity contribution in [2.75, 3.05) is 33.5 Å². The van der Waals surface area contributed by atoms with Crippen LogP contribution in [0.1, 0.15) is 25.0 Å². The number of amides is 1. The van der Waals surface area contributed by atoms with E-state index in [4.69, 9.17) is 14.2 Å². The minimum Gasteiger partial charge on any atom is -0.468 e.